The molecule has 1 unspecified atom stereocenters. The molecular formula is C14H27N3O2. The van der Waals surface area contributed by atoms with Gasteiger partial charge in [-0.3, -0.25) is 9.59 Å². The van der Waals surface area contributed by atoms with E-state index >= 15 is 0 Å². The Morgan fingerprint density at radius 3 is 2.47 bits per heavy atom. The van der Waals surface area contributed by atoms with E-state index in [2.05, 4.69) is 29.8 Å². The molecule has 5 heteroatoms. The van der Waals surface area contributed by atoms with Crippen molar-refractivity contribution in [3.8, 4) is 0 Å². The SMILES string of the molecule is CC(C)CNC(=O)C(C)NCCCC(=O)NC1CC1. The Balaban J connectivity index is 2.00. The van der Waals surface area contributed by atoms with Crippen LogP contribution in [0.5, 0.6) is 0 Å². The van der Waals surface area contributed by atoms with Crippen molar-refractivity contribution in [3.05, 3.63) is 0 Å². The molecule has 1 rings (SSSR count). The van der Waals surface area contributed by atoms with Crippen LogP contribution in [0.25, 0.3) is 0 Å². The zero-order valence-electron chi connectivity index (χ0n) is 12.3. The van der Waals surface area contributed by atoms with Crippen molar-refractivity contribution in [2.75, 3.05) is 13.1 Å². The number of amides is 2. The van der Waals surface area contributed by atoms with Crippen LogP contribution in [-0.4, -0.2) is 37.0 Å². The first-order chi connectivity index (χ1) is 8.99. The Hall–Kier alpha value is -1.10. The first-order valence-electron chi connectivity index (χ1n) is 7.29. The molecule has 19 heavy (non-hydrogen) atoms. The third kappa shape index (κ3) is 7.82. The lowest BCUT2D eigenvalue weighted by atomic mass is 10.2. The maximum absolute atomic E-state index is 11.7. The molecule has 0 bridgehead atoms. The first-order valence-corrected chi connectivity index (χ1v) is 7.29. The van der Waals surface area contributed by atoms with Crippen LogP contribution in [0.4, 0.5) is 0 Å². The summed E-state index contributed by atoms with van der Waals surface area (Å²) in [5.74, 6) is 0.611. The molecule has 0 aromatic heterocycles. The van der Waals surface area contributed by atoms with Gasteiger partial charge >= 0.3 is 0 Å². The second-order valence-corrected chi connectivity index (χ2v) is 5.76. The highest BCUT2D eigenvalue weighted by molar-refractivity contribution is 5.81. The lowest BCUT2D eigenvalue weighted by Crippen LogP contribution is -2.43. The number of hydrogen-bond acceptors (Lipinski definition) is 3. The van der Waals surface area contributed by atoms with Crippen molar-refractivity contribution in [1.82, 2.24) is 16.0 Å². The topological polar surface area (TPSA) is 70.2 Å². The minimum absolute atomic E-state index is 0.0242. The van der Waals surface area contributed by atoms with E-state index in [0.29, 0.717) is 31.5 Å². The number of carbonyl (C=O) groups excluding carboxylic acids is 2. The molecule has 0 aliphatic heterocycles. The second kappa shape index (κ2) is 8.15. The number of nitrogens with one attached hydrogen (secondary N) is 3. The van der Waals surface area contributed by atoms with E-state index in [1.807, 2.05) is 6.92 Å². The van der Waals surface area contributed by atoms with Crippen molar-refractivity contribution in [3.63, 3.8) is 0 Å². The van der Waals surface area contributed by atoms with Crippen LogP contribution < -0.4 is 16.0 Å². The third-order valence-electron chi connectivity index (χ3n) is 3.05. The number of rotatable bonds is 9. The molecule has 1 aliphatic carbocycles. The maximum Gasteiger partial charge on any atom is 0.236 e. The molecule has 1 atom stereocenters. The van der Waals surface area contributed by atoms with Gasteiger partial charge in [0.25, 0.3) is 0 Å². The minimum Gasteiger partial charge on any atom is -0.354 e. The second-order valence-electron chi connectivity index (χ2n) is 5.76. The van der Waals surface area contributed by atoms with Crippen molar-refractivity contribution in [2.24, 2.45) is 5.92 Å². The standard InChI is InChI=1S/C14H27N3O2/c1-10(2)9-16-14(19)11(3)15-8-4-5-13(18)17-12-6-7-12/h10-12,15H,4-9H2,1-3H3,(H,16,19)(H,17,18). The summed E-state index contributed by atoms with van der Waals surface area (Å²) in [7, 11) is 0. The summed E-state index contributed by atoms with van der Waals surface area (Å²) < 4.78 is 0. The molecule has 5 nitrogen and oxygen atoms in total. The summed E-state index contributed by atoms with van der Waals surface area (Å²) in [6.45, 7) is 7.37. The van der Waals surface area contributed by atoms with Crippen LogP contribution in [-0.2, 0) is 9.59 Å². The zero-order valence-corrected chi connectivity index (χ0v) is 12.3. The Labute approximate surface area is 115 Å². The van der Waals surface area contributed by atoms with Gasteiger partial charge in [-0.1, -0.05) is 13.8 Å². The van der Waals surface area contributed by atoms with Gasteiger partial charge in [0.1, 0.15) is 0 Å². The quantitative estimate of drug-likeness (QED) is 0.542. The monoisotopic (exact) mass is 269 g/mol. The molecule has 0 saturated heterocycles. The summed E-state index contributed by atoms with van der Waals surface area (Å²) >= 11 is 0. The summed E-state index contributed by atoms with van der Waals surface area (Å²) in [5, 5.41) is 8.98. The summed E-state index contributed by atoms with van der Waals surface area (Å²) in [4.78, 5) is 23.1. The molecule has 2 amide bonds. The fourth-order valence-electron chi connectivity index (χ4n) is 1.65. The molecule has 0 aromatic rings. The van der Waals surface area contributed by atoms with Crippen LogP contribution in [0.3, 0.4) is 0 Å². The summed E-state index contributed by atoms with van der Waals surface area (Å²) in [6.07, 6.45) is 3.54. The van der Waals surface area contributed by atoms with Gasteiger partial charge in [0, 0.05) is 19.0 Å². The molecule has 110 valence electrons. The molecule has 0 aromatic carbocycles. The van der Waals surface area contributed by atoms with Gasteiger partial charge in [-0.2, -0.15) is 0 Å². The lowest BCUT2D eigenvalue weighted by molar-refractivity contribution is -0.122. The maximum atomic E-state index is 11.7. The smallest absolute Gasteiger partial charge is 0.236 e. The fraction of sp³-hybridized carbons (Fsp3) is 0.857. The van der Waals surface area contributed by atoms with Gasteiger partial charge in [-0.25, -0.2) is 0 Å². The fourth-order valence-corrected chi connectivity index (χ4v) is 1.65. The molecule has 1 aliphatic rings. The number of hydrogen-bond donors (Lipinski definition) is 3. The van der Waals surface area contributed by atoms with Gasteiger partial charge in [0.05, 0.1) is 6.04 Å². The Morgan fingerprint density at radius 2 is 1.89 bits per heavy atom. The van der Waals surface area contributed by atoms with Gasteiger partial charge in [0.15, 0.2) is 0 Å². The molecule has 0 radical (unpaired) electrons. The normalized spacial score (nSPS) is 16.2. The molecule has 3 N–H and O–H groups in total. The minimum atomic E-state index is -0.203. The van der Waals surface area contributed by atoms with Crippen LogP contribution in [0, 0.1) is 5.92 Å². The van der Waals surface area contributed by atoms with Gasteiger partial charge in [-0.15, -0.1) is 0 Å². The lowest BCUT2D eigenvalue weighted by Gasteiger charge is -2.15. The van der Waals surface area contributed by atoms with Crippen LogP contribution >= 0.6 is 0 Å². The van der Waals surface area contributed by atoms with E-state index in [9.17, 15) is 9.59 Å². The molecule has 1 fully saturated rings. The van der Waals surface area contributed by atoms with E-state index in [0.717, 1.165) is 19.3 Å². The average Bonchev–Trinajstić information content (AvgIpc) is 3.15. The Bertz CT molecular complexity index is 301. The van der Waals surface area contributed by atoms with E-state index in [4.69, 9.17) is 0 Å². The third-order valence-corrected chi connectivity index (χ3v) is 3.05. The van der Waals surface area contributed by atoms with Gasteiger partial charge in [0.2, 0.25) is 11.8 Å². The van der Waals surface area contributed by atoms with Crippen molar-refractivity contribution in [2.45, 2.75) is 58.5 Å². The van der Waals surface area contributed by atoms with E-state index < -0.39 is 0 Å². The van der Waals surface area contributed by atoms with Crippen molar-refractivity contribution < 1.29 is 9.59 Å². The highest BCUT2D eigenvalue weighted by Gasteiger charge is 2.22. The number of carbonyl (C=O) groups is 2. The van der Waals surface area contributed by atoms with Crippen molar-refractivity contribution in [1.29, 1.82) is 0 Å². The highest BCUT2D eigenvalue weighted by atomic mass is 16.2. The largest absolute Gasteiger partial charge is 0.354 e. The molecule has 0 heterocycles. The first kappa shape index (κ1) is 16.0. The zero-order chi connectivity index (χ0) is 14.3. The summed E-state index contributed by atoms with van der Waals surface area (Å²) in [5.41, 5.74) is 0. The Kier molecular flexibility index (Phi) is 6.84. The van der Waals surface area contributed by atoms with Crippen LogP contribution in [0.15, 0.2) is 0 Å². The van der Waals surface area contributed by atoms with Crippen LogP contribution in [0.1, 0.15) is 46.5 Å². The molecular weight excluding hydrogens is 242 g/mol. The predicted molar refractivity (Wildman–Crippen MR) is 75.7 cm³/mol. The van der Waals surface area contributed by atoms with Gasteiger partial charge in [-0.05, 0) is 38.6 Å². The molecule has 1 saturated carbocycles. The van der Waals surface area contributed by atoms with E-state index in [-0.39, 0.29) is 17.9 Å². The Morgan fingerprint density at radius 1 is 1.21 bits per heavy atom. The highest BCUT2D eigenvalue weighted by Crippen LogP contribution is 2.18. The van der Waals surface area contributed by atoms with Crippen LogP contribution in [0.2, 0.25) is 0 Å². The van der Waals surface area contributed by atoms with E-state index in [1.54, 1.807) is 0 Å². The van der Waals surface area contributed by atoms with E-state index in [1.165, 1.54) is 0 Å². The summed E-state index contributed by atoms with van der Waals surface area (Å²) in [6, 6.07) is 0.228. The average molecular weight is 269 g/mol. The molecule has 0 spiro atoms. The van der Waals surface area contributed by atoms with Crippen molar-refractivity contribution >= 4 is 11.8 Å². The van der Waals surface area contributed by atoms with Gasteiger partial charge < -0.3 is 16.0 Å². The predicted octanol–water partition coefficient (Wildman–Crippen LogP) is 0.796.